The lowest BCUT2D eigenvalue weighted by Gasteiger charge is -2.19. The Morgan fingerprint density at radius 2 is 2.31 bits per heavy atom. The van der Waals surface area contributed by atoms with E-state index in [1.165, 1.54) is 0 Å². The highest BCUT2D eigenvalue weighted by Crippen LogP contribution is 2.23. The van der Waals surface area contributed by atoms with Crippen LogP contribution in [0.3, 0.4) is 0 Å². The number of aryl methyl sites for hydroxylation is 1. The van der Waals surface area contributed by atoms with Gasteiger partial charge in [0, 0.05) is 5.75 Å². The number of thioether (sulfide) groups is 1. The lowest BCUT2D eigenvalue weighted by Crippen LogP contribution is -2.37. The zero-order chi connectivity index (χ0) is 12.0. The number of nitrogens with one attached hydrogen (secondary N) is 1. The third kappa shape index (κ3) is 4.08. The van der Waals surface area contributed by atoms with E-state index in [2.05, 4.69) is 21.6 Å². The Bertz CT molecular complexity index is 371. The van der Waals surface area contributed by atoms with Crippen molar-refractivity contribution >= 4 is 23.1 Å². The molecule has 1 heterocycles. The second kappa shape index (κ2) is 6.18. The minimum atomic E-state index is -0.405. The molecule has 0 aromatic carbocycles. The summed E-state index contributed by atoms with van der Waals surface area (Å²) in [6, 6.07) is 2.29. The molecule has 0 saturated carbocycles. The zero-order valence-electron chi connectivity index (χ0n) is 9.78. The molecule has 1 atom stereocenters. The van der Waals surface area contributed by atoms with E-state index in [0.29, 0.717) is 0 Å². The summed E-state index contributed by atoms with van der Waals surface area (Å²) in [5.74, 6) is 0.980. The van der Waals surface area contributed by atoms with Gasteiger partial charge in [0.05, 0.1) is 6.07 Å². The van der Waals surface area contributed by atoms with Crippen molar-refractivity contribution < 1.29 is 0 Å². The minimum absolute atomic E-state index is 0.405. The lowest BCUT2D eigenvalue weighted by molar-refractivity contribution is 0.451. The van der Waals surface area contributed by atoms with Crippen LogP contribution in [0.2, 0.25) is 0 Å². The number of nitrogens with zero attached hydrogens (tertiary/aromatic N) is 3. The fourth-order valence-electron chi connectivity index (χ4n) is 1.16. The van der Waals surface area contributed by atoms with Gasteiger partial charge in [-0.15, -0.1) is 10.2 Å². The Morgan fingerprint density at radius 3 is 2.81 bits per heavy atom. The SMILES string of the molecule is CNC(C)(C#N)CCCSc1nnc(C)s1. The van der Waals surface area contributed by atoms with Crippen LogP contribution in [0.25, 0.3) is 0 Å². The second-order valence-electron chi connectivity index (χ2n) is 3.73. The van der Waals surface area contributed by atoms with Crippen LogP contribution < -0.4 is 5.32 Å². The number of hydrogen-bond donors (Lipinski definition) is 1. The fraction of sp³-hybridized carbons (Fsp3) is 0.700. The minimum Gasteiger partial charge on any atom is -0.303 e. The molecule has 1 rings (SSSR count). The van der Waals surface area contributed by atoms with Crippen molar-refractivity contribution in [3.05, 3.63) is 5.01 Å². The smallest absolute Gasteiger partial charge is 0.174 e. The van der Waals surface area contributed by atoms with Gasteiger partial charge in [0.2, 0.25) is 0 Å². The molecule has 0 aliphatic carbocycles. The Hall–Kier alpha value is -0.640. The van der Waals surface area contributed by atoms with Crippen molar-refractivity contribution in [2.45, 2.75) is 36.6 Å². The molecule has 0 aliphatic heterocycles. The lowest BCUT2D eigenvalue weighted by atomic mass is 9.99. The van der Waals surface area contributed by atoms with Crippen LogP contribution in [0.5, 0.6) is 0 Å². The molecule has 1 N–H and O–H groups in total. The van der Waals surface area contributed by atoms with Crippen molar-refractivity contribution in [2.24, 2.45) is 0 Å². The quantitative estimate of drug-likeness (QED) is 0.624. The average molecular weight is 256 g/mol. The predicted octanol–water partition coefficient (Wildman–Crippen LogP) is 2.22. The van der Waals surface area contributed by atoms with E-state index < -0.39 is 5.54 Å². The maximum atomic E-state index is 8.97. The molecule has 0 spiro atoms. The molecule has 0 saturated heterocycles. The molecule has 88 valence electrons. The summed E-state index contributed by atoms with van der Waals surface area (Å²) in [4.78, 5) is 0. The van der Waals surface area contributed by atoms with E-state index in [4.69, 9.17) is 5.26 Å². The molecule has 1 unspecified atom stereocenters. The van der Waals surface area contributed by atoms with Crippen LogP contribution in [-0.4, -0.2) is 28.5 Å². The van der Waals surface area contributed by atoms with Crippen molar-refractivity contribution in [1.29, 1.82) is 5.26 Å². The second-order valence-corrected chi connectivity index (χ2v) is 6.26. The van der Waals surface area contributed by atoms with Crippen molar-refractivity contribution in [2.75, 3.05) is 12.8 Å². The summed E-state index contributed by atoms with van der Waals surface area (Å²) >= 11 is 3.33. The highest BCUT2D eigenvalue weighted by molar-refractivity contribution is 8.01. The molecule has 0 aliphatic rings. The maximum absolute atomic E-state index is 8.97. The summed E-state index contributed by atoms with van der Waals surface area (Å²) < 4.78 is 1.01. The first kappa shape index (κ1) is 13.4. The molecule has 0 radical (unpaired) electrons. The van der Waals surface area contributed by atoms with Crippen LogP contribution in [0.15, 0.2) is 4.34 Å². The van der Waals surface area contributed by atoms with Crippen LogP contribution in [0.1, 0.15) is 24.8 Å². The van der Waals surface area contributed by atoms with Gasteiger partial charge in [-0.3, -0.25) is 0 Å². The van der Waals surface area contributed by atoms with Gasteiger partial charge in [0.15, 0.2) is 4.34 Å². The topological polar surface area (TPSA) is 61.6 Å². The van der Waals surface area contributed by atoms with Gasteiger partial charge < -0.3 is 5.32 Å². The van der Waals surface area contributed by atoms with Gasteiger partial charge in [0.1, 0.15) is 10.5 Å². The monoisotopic (exact) mass is 256 g/mol. The molecule has 0 amide bonds. The standard InChI is InChI=1S/C10H16N4S2/c1-8-13-14-9(16-8)15-6-4-5-10(2,7-11)12-3/h12H,4-6H2,1-3H3. The van der Waals surface area contributed by atoms with Gasteiger partial charge >= 0.3 is 0 Å². The molecule has 0 fully saturated rings. The van der Waals surface area contributed by atoms with E-state index in [-0.39, 0.29) is 0 Å². The average Bonchev–Trinajstić information content (AvgIpc) is 2.70. The van der Waals surface area contributed by atoms with E-state index in [9.17, 15) is 0 Å². The normalized spacial score (nSPS) is 14.4. The van der Waals surface area contributed by atoms with Crippen LogP contribution in [0.4, 0.5) is 0 Å². The maximum Gasteiger partial charge on any atom is 0.174 e. The van der Waals surface area contributed by atoms with Gasteiger partial charge in [0.25, 0.3) is 0 Å². The number of nitriles is 1. The van der Waals surface area contributed by atoms with E-state index in [0.717, 1.165) is 27.9 Å². The first-order chi connectivity index (χ1) is 7.59. The highest BCUT2D eigenvalue weighted by atomic mass is 32.2. The largest absolute Gasteiger partial charge is 0.303 e. The van der Waals surface area contributed by atoms with Crippen molar-refractivity contribution in [3.63, 3.8) is 0 Å². The van der Waals surface area contributed by atoms with Gasteiger partial charge in [-0.1, -0.05) is 23.1 Å². The number of aromatic nitrogens is 2. The summed E-state index contributed by atoms with van der Waals surface area (Å²) in [7, 11) is 1.82. The zero-order valence-corrected chi connectivity index (χ0v) is 11.4. The van der Waals surface area contributed by atoms with E-state index in [1.807, 2.05) is 20.9 Å². The van der Waals surface area contributed by atoms with Crippen LogP contribution >= 0.6 is 23.1 Å². The fourth-order valence-corrected chi connectivity index (χ4v) is 2.98. The molecular weight excluding hydrogens is 240 g/mol. The Labute approximate surface area is 104 Å². The molecule has 1 aromatic rings. The Balaban J connectivity index is 2.24. The van der Waals surface area contributed by atoms with Crippen molar-refractivity contribution in [3.8, 4) is 6.07 Å². The van der Waals surface area contributed by atoms with Gasteiger partial charge in [-0.2, -0.15) is 5.26 Å². The molecule has 6 heteroatoms. The third-order valence-electron chi connectivity index (χ3n) is 2.35. The molecule has 16 heavy (non-hydrogen) atoms. The Kier molecular flexibility index (Phi) is 5.19. The number of hydrogen-bond acceptors (Lipinski definition) is 6. The van der Waals surface area contributed by atoms with Crippen LogP contribution in [0, 0.1) is 18.3 Å². The van der Waals surface area contributed by atoms with Gasteiger partial charge in [-0.05, 0) is 33.7 Å². The van der Waals surface area contributed by atoms with Crippen LogP contribution in [-0.2, 0) is 0 Å². The van der Waals surface area contributed by atoms with E-state index in [1.54, 1.807) is 23.1 Å². The summed E-state index contributed by atoms with van der Waals surface area (Å²) in [5.41, 5.74) is -0.405. The molecule has 4 nitrogen and oxygen atoms in total. The molecular formula is C10H16N4S2. The highest BCUT2D eigenvalue weighted by Gasteiger charge is 2.19. The van der Waals surface area contributed by atoms with Gasteiger partial charge in [-0.25, -0.2) is 0 Å². The number of rotatable bonds is 6. The first-order valence-corrected chi connectivity index (χ1v) is 6.93. The molecule has 0 bridgehead atoms. The van der Waals surface area contributed by atoms with Crippen molar-refractivity contribution in [1.82, 2.24) is 15.5 Å². The third-order valence-corrected chi connectivity index (χ3v) is 4.41. The first-order valence-electron chi connectivity index (χ1n) is 5.13. The predicted molar refractivity (Wildman–Crippen MR) is 67.7 cm³/mol. The summed E-state index contributed by atoms with van der Waals surface area (Å²) in [6.45, 7) is 3.88. The summed E-state index contributed by atoms with van der Waals surface area (Å²) in [5, 5.41) is 21.0. The Morgan fingerprint density at radius 1 is 1.56 bits per heavy atom. The summed E-state index contributed by atoms with van der Waals surface area (Å²) in [6.07, 6.45) is 1.85. The molecule has 1 aromatic heterocycles. The van der Waals surface area contributed by atoms with E-state index >= 15 is 0 Å².